The third-order valence-electron chi connectivity index (χ3n) is 3.48. The second kappa shape index (κ2) is 2.23. The van der Waals surface area contributed by atoms with Crippen LogP contribution in [0.5, 0.6) is 0 Å². The molecular formula is C9H19N. The minimum Gasteiger partial charge on any atom is -0.330 e. The molecule has 1 nitrogen and oxygen atoms in total. The van der Waals surface area contributed by atoms with Crippen LogP contribution in [0.25, 0.3) is 0 Å². The summed E-state index contributed by atoms with van der Waals surface area (Å²) < 4.78 is 0. The van der Waals surface area contributed by atoms with E-state index in [9.17, 15) is 0 Å². The van der Waals surface area contributed by atoms with E-state index >= 15 is 0 Å². The topological polar surface area (TPSA) is 26.0 Å². The Morgan fingerprint density at radius 3 is 2.00 bits per heavy atom. The third kappa shape index (κ3) is 0.968. The number of rotatable bonds is 3. The molecule has 0 aromatic heterocycles. The summed E-state index contributed by atoms with van der Waals surface area (Å²) in [7, 11) is 0. The van der Waals surface area contributed by atoms with Crippen molar-refractivity contribution in [1.82, 2.24) is 0 Å². The van der Waals surface area contributed by atoms with E-state index in [-0.39, 0.29) is 0 Å². The van der Waals surface area contributed by atoms with E-state index in [2.05, 4.69) is 20.8 Å². The summed E-state index contributed by atoms with van der Waals surface area (Å²) in [5, 5.41) is 0. The van der Waals surface area contributed by atoms with Crippen LogP contribution in [-0.4, -0.2) is 6.54 Å². The number of nitrogens with two attached hydrogens (primary N) is 1. The average Bonchev–Trinajstić information content (AvgIpc) is 2.67. The van der Waals surface area contributed by atoms with E-state index in [0.717, 1.165) is 6.54 Å². The fourth-order valence-corrected chi connectivity index (χ4v) is 1.88. The zero-order chi connectivity index (χ0) is 7.83. The molecule has 0 amide bonds. The second-order valence-corrected chi connectivity index (χ2v) is 4.22. The fourth-order valence-electron chi connectivity index (χ4n) is 1.88. The molecule has 0 radical (unpaired) electrons. The van der Waals surface area contributed by atoms with Gasteiger partial charge < -0.3 is 5.73 Å². The molecular weight excluding hydrogens is 122 g/mol. The van der Waals surface area contributed by atoms with Crippen LogP contribution in [0, 0.1) is 10.8 Å². The fraction of sp³-hybridized carbons (Fsp3) is 1.00. The number of hydrogen-bond acceptors (Lipinski definition) is 1. The SMILES string of the molecule is CCC1(C(C)(C)CN)CC1. The van der Waals surface area contributed by atoms with Gasteiger partial charge >= 0.3 is 0 Å². The summed E-state index contributed by atoms with van der Waals surface area (Å²) in [6.45, 7) is 7.71. The van der Waals surface area contributed by atoms with Gasteiger partial charge in [0.05, 0.1) is 0 Å². The lowest BCUT2D eigenvalue weighted by Crippen LogP contribution is -2.33. The van der Waals surface area contributed by atoms with Crippen molar-refractivity contribution in [3.63, 3.8) is 0 Å². The Morgan fingerprint density at radius 2 is 1.90 bits per heavy atom. The summed E-state index contributed by atoms with van der Waals surface area (Å²) in [5.41, 5.74) is 6.70. The molecule has 0 bridgehead atoms. The lowest BCUT2D eigenvalue weighted by atomic mass is 9.74. The van der Waals surface area contributed by atoms with Gasteiger partial charge in [0, 0.05) is 0 Å². The van der Waals surface area contributed by atoms with Crippen molar-refractivity contribution >= 4 is 0 Å². The van der Waals surface area contributed by atoms with Crippen LogP contribution < -0.4 is 5.73 Å². The van der Waals surface area contributed by atoms with E-state index in [0.29, 0.717) is 10.8 Å². The van der Waals surface area contributed by atoms with Crippen molar-refractivity contribution in [2.75, 3.05) is 6.54 Å². The van der Waals surface area contributed by atoms with Crippen molar-refractivity contribution in [2.24, 2.45) is 16.6 Å². The molecule has 0 aromatic carbocycles. The predicted octanol–water partition coefficient (Wildman–Crippen LogP) is 2.16. The summed E-state index contributed by atoms with van der Waals surface area (Å²) in [6.07, 6.45) is 4.10. The van der Waals surface area contributed by atoms with E-state index in [4.69, 9.17) is 5.73 Å². The van der Waals surface area contributed by atoms with Crippen LogP contribution in [0.1, 0.15) is 40.0 Å². The molecule has 0 spiro atoms. The smallest absolute Gasteiger partial charge is 0.00205 e. The highest BCUT2D eigenvalue weighted by molar-refractivity contribution is 5.02. The largest absolute Gasteiger partial charge is 0.330 e. The van der Waals surface area contributed by atoms with E-state index < -0.39 is 0 Å². The highest BCUT2D eigenvalue weighted by atomic mass is 14.7. The van der Waals surface area contributed by atoms with Gasteiger partial charge in [-0.15, -0.1) is 0 Å². The van der Waals surface area contributed by atoms with Crippen LogP contribution in [0.2, 0.25) is 0 Å². The first-order valence-electron chi connectivity index (χ1n) is 4.28. The molecule has 0 saturated heterocycles. The van der Waals surface area contributed by atoms with E-state index in [1.807, 2.05) is 0 Å². The van der Waals surface area contributed by atoms with Gasteiger partial charge in [0.2, 0.25) is 0 Å². The van der Waals surface area contributed by atoms with Gasteiger partial charge in [0.25, 0.3) is 0 Å². The first-order valence-corrected chi connectivity index (χ1v) is 4.28. The van der Waals surface area contributed by atoms with Crippen LogP contribution >= 0.6 is 0 Å². The van der Waals surface area contributed by atoms with Gasteiger partial charge in [-0.05, 0) is 36.6 Å². The minimum atomic E-state index is 0.377. The lowest BCUT2D eigenvalue weighted by molar-refractivity contribution is 0.189. The van der Waals surface area contributed by atoms with Gasteiger partial charge in [-0.3, -0.25) is 0 Å². The minimum absolute atomic E-state index is 0.377. The van der Waals surface area contributed by atoms with Crippen molar-refractivity contribution < 1.29 is 0 Å². The molecule has 1 fully saturated rings. The lowest BCUT2D eigenvalue weighted by Gasteiger charge is -2.32. The van der Waals surface area contributed by atoms with Crippen molar-refractivity contribution in [2.45, 2.75) is 40.0 Å². The van der Waals surface area contributed by atoms with Crippen LogP contribution in [0.3, 0.4) is 0 Å². The molecule has 0 atom stereocenters. The Balaban J connectivity index is 2.62. The molecule has 0 unspecified atom stereocenters. The first-order chi connectivity index (χ1) is 4.58. The highest BCUT2D eigenvalue weighted by Crippen LogP contribution is 2.60. The number of hydrogen-bond donors (Lipinski definition) is 1. The molecule has 0 aliphatic heterocycles. The zero-order valence-electron chi connectivity index (χ0n) is 7.41. The van der Waals surface area contributed by atoms with Gasteiger partial charge in [-0.1, -0.05) is 20.8 Å². The molecule has 2 N–H and O–H groups in total. The summed E-state index contributed by atoms with van der Waals surface area (Å²) >= 11 is 0. The maximum atomic E-state index is 5.71. The maximum Gasteiger partial charge on any atom is -0.00205 e. The van der Waals surface area contributed by atoms with Crippen LogP contribution in [-0.2, 0) is 0 Å². The molecule has 60 valence electrons. The van der Waals surface area contributed by atoms with Crippen molar-refractivity contribution in [3.05, 3.63) is 0 Å². The molecule has 10 heavy (non-hydrogen) atoms. The van der Waals surface area contributed by atoms with Crippen LogP contribution in [0.4, 0.5) is 0 Å². The molecule has 1 aliphatic carbocycles. The normalized spacial score (nSPS) is 22.8. The Kier molecular flexibility index (Phi) is 1.80. The summed E-state index contributed by atoms with van der Waals surface area (Å²) in [4.78, 5) is 0. The van der Waals surface area contributed by atoms with Crippen molar-refractivity contribution in [3.8, 4) is 0 Å². The first kappa shape index (κ1) is 8.06. The second-order valence-electron chi connectivity index (χ2n) is 4.22. The van der Waals surface area contributed by atoms with Crippen LogP contribution in [0.15, 0.2) is 0 Å². The molecule has 0 aromatic rings. The quantitative estimate of drug-likeness (QED) is 0.640. The standard InChI is InChI=1S/C9H19N/c1-4-9(5-6-9)8(2,3)7-10/h4-7,10H2,1-3H3. The van der Waals surface area contributed by atoms with Gasteiger partial charge in [-0.25, -0.2) is 0 Å². The predicted molar refractivity (Wildman–Crippen MR) is 44.8 cm³/mol. The zero-order valence-corrected chi connectivity index (χ0v) is 7.41. The molecule has 1 aliphatic rings. The maximum absolute atomic E-state index is 5.71. The van der Waals surface area contributed by atoms with Crippen molar-refractivity contribution in [1.29, 1.82) is 0 Å². The van der Waals surface area contributed by atoms with Gasteiger partial charge in [0.1, 0.15) is 0 Å². The third-order valence-corrected chi connectivity index (χ3v) is 3.48. The molecule has 1 saturated carbocycles. The highest BCUT2D eigenvalue weighted by Gasteiger charge is 2.51. The van der Waals surface area contributed by atoms with Gasteiger partial charge in [0.15, 0.2) is 0 Å². The molecule has 1 heteroatoms. The van der Waals surface area contributed by atoms with E-state index in [1.165, 1.54) is 19.3 Å². The van der Waals surface area contributed by atoms with E-state index in [1.54, 1.807) is 0 Å². The Labute approximate surface area is 64.0 Å². The van der Waals surface area contributed by atoms with Gasteiger partial charge in [-0.2, -0.15) is 0 Å². The average molecular weight is 141 g/mol. The Morgan fingerprint density at radius 1 is 1.40 bits per heavy atom. The summed E-state index contributed by atoms with van der Waals surface area (Å²) in [5.74, 6) is 0. The Bertz CT molecular complexity index is 119. The Hall–Kier alpha value is -0.0400. The summed E-state index contributed by atoms with van der Waals surface area (Å²) in [6, 6.07) is 0. The molecule has 0 heterocycles. The molecule has 1 rings (SSSR count). The monoisotopic (exact) mass is 141 g/mol.